The number of carbonyl (C=O) groups excluding carboxylic acids is 1. The van der Waals surface area contributed by atoms with Crippen molar-refractivity contribution in [2.75, 3.05) is 31.1 Å². The van der Waals surface area contributed by atoms with Crippen molar-refractivity contribution in [1.82, 2.24) is 25.5 Å². The summed E-state index contributed by atoms with van der Waals surface area (Å²) in [4.78, 5) is 16.2. The van der Waals surface area contributed by atoms with Crippen LogP contribution in [0.1, 0.15) is 21.7 Å². The number of amides is 1. The molecule has 110 valence electrons. The van der Waals surface area contributed by atoms with Crippen LogP contribution in [0.2, 0.25) is 0 Å². The average molecular weight is 286 g/mol. The summed E-state index contributed by atoms with van der Waals surface area (Å²) in [6.07, 6.45) is 0. The van der Waals surface area contributed by atoms with Crippen molar-refractivity contribution in [1.29, 1.82) is 0 Å². The Hall–Kier alpha value is -2.44. The van der Waals surface area contributed by atoms with Crippen molar-refractivity contribution < 1.29 is 4.79 Å². The molecule has 0 aliphatic carbocycles. The minimum Gasteiger partial charge on any atom is -0.368 e. The van der Waals surface area contributed by atoms with Gasteiger partial charge in [-0.15, -0.1) is 10.2 Å². The molecule has 1 aromatic heterocycles. The zero-order chi connectivity index (χ0) is 14.8. The van der Waals surface area contributed by atoms with Gasteiger partial charge in [0.25, 0.3) is 11.7 Å². The first kappa shape index (κ1) is 13.5. The summed E-state index contributed by atoms with van der Waals surface area (Å²) in [6.45, 7) is 7.22. The molecule has 1 aliphatic rings. The molecule has 2 aromatic rings. The van der Waals surface area contributed by atoms with Crippen LogP contribution >= 0.6 is 0 Å². The molecule has 7 nitrogen and oxygen atoms in total. The highest BCUT2D eigenvalue weighted by molar-refractivity contribution is 5.90. The third-order valence-corrected chi connectivity index (χ3v) is 4.02. The van der Waals surface area contributed by atoms with Gasteiger partial charge in [-0.05, 0) is 36.3 Å². The van der Waals surface area contributed by atoms with E-state index < -0.39 is 0 Å². The zero-order valence-corrected chi connectivity index (χ0v) is 12.2. The van der Waals surface area contributed by atoms with Crippen LogP contribution in [0, 0.1) is 13.8 Å². The Morgan fingerprint density at radius 1 is 1.19 bits per heavy atom. The average Bonchev–Trinajstić information content (AvgIpc) is 3.04. The highest BCUT2D eigenvalue weighted by atomic mass is 16.2. The Bertz CT molecular complexity index is 631. The minimum absolute atomic E-state index is 0.134. The number of aryl methyl sites for hydroxylation is 1. The summed E-state index contributed by atoms with van der Waals surface area (Å²) in [6, 6.07) is 6.34. The molecule has 1 saturated heterocycles. The Morgan fingerprint density at radius 3 is 2.62 bits per heavy atom. The van der Waals surface area contributed by atoms with Gasteiger partial charge in [-0.2, -0.15) is 5.21 Å². The molecule has 0 unspecified atom stereocenters. The number of aromatic nitrogens is 4. The van der Waals surface area contributed by atoms with Crippen molar-refractivity contribution in [2.45, 2.75) is 13.8 Å². The highest BCUT2D eigenvalue weighted by Crippen LogP contribution is 2.23. The lowest BCUT2D eigenvalue weighted by molar-refractivity contribution is 0.0734. The van der Waals surface area contributed by atoms with Crippen molar-refractivity contribution in [2.24, 2.45) is 0 Å². The molecular weight excluding hydrogens is 268 g/mol. The van der Waals surface area contributed by atoms with E-state index in [9.17, 15) is 4.79 Å². The lowest BCUT2D eigenvalue weighted by Gasteiger charge is -2.36. The molecule has 0 spiro atoms. The fourth-order valence-corrected chi connectivity index (χ4v) is 2.62. The molecule has 1 N–H and O–H groups in total. The molecular formula is C14H18N6O. The number of anilines is 1. The maximum absolute atomic E-state index is 12.1. The lowest BCUT2D eigenvalue weighted by atomic mass is 10.1. The maximum Gasteiger partial charge on any atom is 0.295 e. The Labute approximate surface area is 122 Å². The fraction of sp³-hybridized carbons (Fsp3) is 0.429. The van der Waals surface area contributed by atoms with Gasteiger partial charge in [-0.3, -0.25) is 4.79 Å². The van der Waals surface area contributed by atoms with Crippen LogP contribution in [0.25, 0.3) is 0 Å². The third-order valence-electron chi connectivity index (χ3n) is 4.02. The second kappa shape index (κ2) is 5.51. The van der Waals surface area contributed by atoms with Gasteiger partial charge in [0.2, 0.25) is 0 Å². The molecule has 0 saturated carbocycles. The van der Waals surface area contributed by atoms with Crippen molar-refractivity contribution in [3.05, 3.63) is 35.2 Å². The number of piperazine rings is 1. The third kappa shape index (κ3) is 2.58. The van der Waals surface area contributed by atoms with E-state index >= 15 is 0 Å². The van der Waals surface area contributed by atoms with E-state index in [0.717, 1.165) is 13.1 Å². The second-order valence-electron chi connectivity index (χ2n) is 5.23. The summed E-state index contributed by atoms with van der Waals surface area (Å²) in [5.74, 6) is -0.0282. The molecule has 1 aromatic carbocycles. The summed E-state index contributed by atoms with van der Waals surface area (Å²) < 4.78 is 0. The number of benzene rings is 1. The molecule has 1 amide bonds. The van der Waals surface area contributed by atoms with Gasteiger partial charge >= 0.3 is 0 Å². The van der Waals surface area contributed by atoms with Gasteiger partial charge in [-0.1, -0.05) is 12.1 Å². The van der Waals surface area contributed by atoms with Crippen molar-refractivity contribution in [3.8, 4) is 0 Å². The predicted molar refractivity (Wildman–Crippen MR) is 78.2 cm³/mol. The molecule has 7 heteroatoms. The Morgan fingerprint density at radius 2 is 1.95 bits per heavy atom. The first-order valence-corrected chi connectivity index (χ1v) is 7.00. The molecule has 1 fully saturated rings. The smallest absolute Gasteiger partial charge is 0.295 e. The monoisotopic (exact) mass is 286 g/mol. The summed E-state index contributed by atoms with van der Waals surface area (Å²) in [5.41, 5.74) is 3.84. The zero-order valence-electron chi connectivity index (χ0n) is 12.2. The van der Waals surface area contributed by atoms with Gasteiger partial charge in [-0.25, -0.2) is 0 Å². The highest BCUT2D eigenvalue weighted by Gasteiger charge is 2.25. The van der Waals surface area contributed by atoms with Crippen LogP contribution in [-0.2, 0) is 0 Å². The van der Waals surface area contributed by atoms with Crippen LogP contribution in [-0.4, -0.2) is 57.6 Å². The maximum atomic E-state index is 12.1. The number of aromatic amines is 1. The van der Waals surface area contributed by atoms with Crippen LogP contribution in [0.4, 0.5) is 5.69 Å². The largest absolute Gasteiger partial charge is 0.368 e. The number of hydrogen-bond acceptors (Lipinski definition) is 5. The Balaban J connectivity index is 1.68. The van der Waals surface area contributed by atoms with E-state index in [1.807, 2.05) is 0 Å². The van der Waals surface area contributed by atoms with E-state index in [1.165, 1.54) is 16.8 Å². The quantitative estimate of drug-likeness (QED) is 0.882. The molecule has 2 heterocycles. The summed E-state index contributed by atoms with van der Waals surface area (Å²) in [5, 5.41) is 13.2. The van der Waals surface area contributed by atoms with Crippen LogP contribution < -0.4 is 4.90 Å². The number of nitrogens with zero attached hydrogens (tertiary/aromatic N) is 5. The van der Waals surface area contributed by atoms with E-state index in [1.54, 1.807) is 4.90 Å². The minimum atomic E-state index is -0.163. The van der Waals surface area contributed by atoms with Gasteiger partial charge in [0.05, 0.1) is 0 Å². The van der Waals surface area contributed by atoms with Crippen molar-refractivity contribution >= 4 is 11.6 Å². The summed E-state index contributed by atoms with van der Waals surface area (Å²) >= 11 is 0. The standard InChI is InChI=1S/C14H18N6O/c1-10-4-3-5-12(11(10)2)19-6-8-20(9-7-19)14(21)13-15-17-18-16-13/h3-5H,6-9H2,1-2H3,(H,15,16,17,18). The topological polar surface area (TPSA) is 78.0 Å². The van der Waals surface area contributed by atoms with E-state index in [-0.39, 0.29) is 11.7 Å². The molecule has 21 heavy (non-hydrogen) atoms. The first-order valence-electron chi connectivity index (χ1n) is 7.00. The van der Waals surface area contributed by atoms with Crippen molar-refractivity contribution in [3.63, 3.8) is 0 Å². The number of hydrogen-bond donors (Lipinski definition) is 1. The molecule has 0 radical (unpaired) electrons. The number of tetrazole rings is 1. The fourth-order valence-electron chi connectivity index (χ4n) is 2.62. The normalized spacial score (nSPS) is 15.3. The van der Waals surface area contributed by atoms with Crippen LogP contribution in [0.15, 0.2) is 18.2 Å². The molecule has 0 atom stereocenters. The van der Waals surface area contributed by atoms with Gasteiger partial charge in [0.1, 0.15) is 0 Å². The number of H-pyrrole nitrogens is 1. The van der Waals surface area contributed by atoms with Gasteiger partial charge in [0, 0.05) is 31.9 Å². The van der Waals surface area contributed by atoms with E-state index in [2.05, 4.69) is 57.6 Å². The molecule has 0 bridgehead atoms. The number of carbonyl (C=O) groups is 1. The predicted octanol–water partition coefficient (Wildman–Crippen LogP) is 0.779. The summed E-state index contributed by atoms with van der Waals surface area (Å²) in [7, 11) is 0. The molecule has 3 rings (SSSR count). The number of nitrogens with one attached hydrogen (secondary N) is 1. The van der Waals surface area contributed by atoms with Gasteiger partial charge < -0.3 is 9.80 Å². The first-order chi connectivity index (χ1) is 10.2. The second-order valence-corrected chi connectivity index (χ2v) is 5.23. The van der Waals surface area contributed by atoms with E-state index in [4.69, 9.17) is 0 Å². The molecule has 1 aliphatic heterocycles. The number of rotatable bonds is 2. The van der Waals surface area contributed by atoms with E-state index in [0.29, 0.717) is 13.1 Å². The van der Waals surface area contributed by atoms with Gasteiger partial charge in [0.15, 0.2) is 0 Å². The lowest BCUT2D eigenvalue weighted by Crippen LogP contribution is -2.49. The SMILES string of the molecule is Cc1cccc(N2CCN(C(=O)c3nn[nH]n3)CC2)c1C. The van der Waals surface area contributed by atoms with Crippen LogP contribution in [0.5, 0.6) is 0 Å². The van der Waals surface area contributed by atoms with Crippen LogP contribution in [0.3, 0.4) is 0 Å². The Kier molecular flexibility index (Phi) is 3.55.